The maximum atomic E-state index is 11.8. The molecule has 4 rings (SSSR count). The van der Waals surface area contributed by atoms with Crippen molar-refractivity contribution in [1.82, 2.24) is 10.4 Å². The molecule has 6 nitrogen and oxygen atoms in total. The van der Waals surface area contributed by atoms with Gasteiger partial charge in [0.2, 0.25) is 0 Å². The van der Waals surface area contributed by atoms with Crippen LogP contribution in [-0.2, 0) is 4.79 Å². The van der Waals surface area contributed by atoms with Crippen LogP contribution in [0.1, 0.15) is 11.3 Å². The van der Waals surface area contributed by atoms with Gasteiger partial charge in [-0.2, -0.15) is 5.10 Å². The number of nitrogens with one attached hydrogen (secondary N) is 1. The summed E-state index contributed by atoms with van der Waals surface area (Å²) in [6.07, 6.45) is 1.45. The van der Waals surface area contributed by atoms with Gasteiger partial charge < -0.3 is 9.15 Å². The third-order valence-electron chi connectivity index (χ3n) is 3.84. The van der Waals surface area contributed by atoms with Crippen molar-refractivity contribution in [1.29, 1.82) is 0 Å². The van der Waals surface area contributed by atoms with Crippen LogP contribution in [0.25, 0.3) is 10.2 Å². The zero-order chi connectivity index (χ0) is 20.1. The van der Waals surface area contributed by atoms with Crippen LogP contribution in [0, 0.1) is 6.92 Å². The molecule has 0 spiro atoms. The number of para-hydroxylation sites is 1. The van der Waals surface area contributed by atoms with Crippen molar-refractivity contribution >= 4 is 45.4 Å². The summed E-state index contributed by atoms with van der Waals surface area (Å²) in [6.45, 7) is 1.88. The third-order valence-corrected chi connectivity index (χ3v) is 5.85. The van der Waals surface area contributed by atoms with Crippen molar-refractivity contribution in [3.8, 4) is 5.75 Å². The maximum Gasteiger partial charge on any atom is 0.277 e. The molecule has 0 fully saturated rings. The number of nitrogens with zero attached hydrogens (tertiary/aromatic N) is 2. The van der Waals surface area contributed by atoms with Gasteiger partial charge in [-0.25, -0.2) is 10.4 Å². The molecule has 0 unspecified atom stereocenters. The van der Waals surface area contributed by atoms with Crippen LogP contribution in [-0.4, -0.2) is 23.7 Å². The second kappa shape index (κ2) is 8.93. The topological polar surface area (TPSA) is 76.7 Å². The van der Waals surface area contributed by atoms with Crippen LogP contribution in [0.4, 0.5) is 0 Å². The first kappa shape index (κ1) is 19.2. The number of hydrogen-bond donors (Lipinski definition) is 1. The maximum absolute atomic E-state index is 11.8. The van der Waals surface area contributed by atoms with Crippen LogP contribution in [0.2, 0.25) is 0 Å². The minimum atomic E-state index is -0.350. The van der Waals surface area contributed by atoms with Gasteiger partial charge in [0.25, 0.3) is 5.91 Å². The number of fused-ring (bicyclic) bond motifs is 1. The molecule has 0 bridgehead atoms. The first-order chi connectivity index (χ1) is 14.2. The van der Waals surface area contributed by atoms with Gasteiger partial charge in [-0.1, -0.05) is 29.8 Å². The molecule has 146 valence electrons. The minimum Gasteiger partial charge on any atom is -0.484 e. The summed E-state index contributed by atoms with van der Waals surface area (Å²) in [5, 5.41) is 4.61. The number of furan rings is 1. The van der Waals surface area contributed by atoms with Gasteiger partial charge in [-0.05, 0) is 55.1 Å². The van der Waals surface area contributed by atoms with Crippen LogP contribution in [0.15, 0.2) is 79.6 Å². The summed E-state index contributed by atoms with van der Waals surface area (Å²) in [4.78, 5) is 16.4. The summed E-state index contributed by atoms with van der Waals surface area (Å²) >= 11 is 3.07. The Morgan fingerprint density at radius 1 is 1.21 bits per heavy atom. The lowest BCUT2D eigenvalue weighted by molar-refractivity contribution is -0.123. The van der Waals surface area contributed by atoms with Crippen molar-refractivity contribution < 1.29 is 13.9 Å². The number of ether oxygens (including phenoxy) is 1. The number of aryl methyl sites for hydroxylation is 1. The largest absolute Gasteiger partial charge is 0.484 e. The van der Waals surface area contributed by atoms with E-state index in [1.54, 1.807) is 17.4 Å². The molecule has 8 heteroatoms. The van der Waals surface area contributed by atoms with Crippen LogP contribution < -0.4 is 10.2 Å². The molecule has 2 aromatic carbocycles. The quantitative estimate of drug-likeness (QED) is 0.339. The van der Waals surface area contributed by atoms with Crippen molar-refractivity contribution in [2.24, 2.45) is 5.10 Å². The summed E-state index contributed by atoms with van der Waals surface area (Å²) < 4.78 is 13.2. The Bertz CT molecular complexity index is 1120. The Labute approximate surface area is 175 Å². The van der Waals surface area contributed by atoms with E-state index in [1.807, 2.05) is 61.5 Å². The molecular weight excluding hydrogens is 406 g/mol. The second-order valence-electron chi connectivity index (χ2n) is 6.10. The van der Waals surface area contributed by atoms with Gasteiger partial charge in [0, 0.05) is 0 Å². The van der Waals surface area contributed by atoms with Crippen LogP contribution in [0.3, 0.4) is 0 Å². The number of hydrazone groups is 1. The molecule has 2 aromatic heterocycles. The fourth-order valence-corrected chi connectivity index (χ4v) is 4.39. The van der Waals surface area contributed by atoms with Crippen molar-refractivity contribution in [3.05, 3.63) is 72.0 Å². The smallest absolute Gasteiger partial charge is 0.277 e. The van der Waals surface area contributed by atoms with E-state index >= 15 is 0 Å². The van der Waals surface area contributed by atoms with E-state index < -0.39 is 0 Å². The van der Waals surface area contributed by atoms with E-state index in [9.17, 15) is 4.79 Å². The zero-order valence-electron chi connectivity index (χ0n) is 15.5. The number of aromatic nitrogens is 1. The summed E-state index contributed by atoms with van der Waals surface area (Å²) in [5.74, 6) is 0.822. The van der Waals surface area contributed by atoms with Gasteiger partial charge >= 0.3 is 0 Å². The van der Waals surface area contributed by atoms with E-state index in [-0.39, 0.29) is 12.5 Å². The SMILES string of the molecule is Cc1ccc(OCC(=O)N/N=C\c2ccc(Sc3nc4ccccc4s3)o2)cc1. The monoisotopic (exact) mass is 423 g/mol. The predicted octanol–water partition coefficient (Wildman–Crippen LogP) is 4.88. The van der Waals surface area contributed by atoms with Crippen LogP contribution >= 0.6 is 23.1 Å². The van der Waals surface area contributed by atoms with Gasteiger partial charge in [-0.15, -0.1) is 11.3 Å². The number of thiazole rings is 1. The molecule has 1 N–H and O–H groups in total. The van der Waals surface area contributed by atoms with E-state index in [0.717, 1.165) is 20.1 Å². The molecule has 29 heavy (non-hydrogen) atoms. The first-order valence-corrected chi connectivity index (χ1v) is 10.4. The molecule has 0 saturated carbocycles. The third kappa shape index (κ3) is 5.24. The highest BCUT2D eigenvalue weighted by molar-refractivity contribution is 8.01. The summed E-state index contributed by atoms with van der Waals surface area (Å²) in [7, 11) is 0. The van der Waals surface area contributed by atoms with E-state index in [4.69, 9.17) is 9.15 Å². The van der Waals surface area contributed by atoms with Crippen molar-refractivity contribution in [3.63, 3.8) is 0 Å². The molecule has 0 saturated heterocycles. The lowest BCUT2D eigenvalue weighted by Crippen LogP contribution is -2.24. The normalized spacial score (nSPS) is 11.2. The first-order valence-electron chi connectivity index (χ1n) is 8.80. The van der Waals surface area contributed by atoms with Crippen molar-refractivity contribution in [2.75, 3.05) is 6.61 Å². The van der Waals surface area contributed by atoms with E-state index in [0.29, 0.717) is 16.6 Å². The van der Waals surface area contributed by atoms with E-state index in [2.05, 4.69) is 15.5 Å². The number of hydrogen-bond acceptors (Lipinski definition) is 7. The van der Waals surface area contributed by atoms with Gasteiger partial charge in [0.05, 0.1) is 16.4 Å². The highest BCUT2D eigenvalue weighted by atomic mass is 32.2. The van der Waals surface area contributed by atoms with Gasteiger partial charge in [-0.3, -0.25) is 4.79 Å². The Hall–Kier alpha value is -3.10. The predicted molar refractivity (Wildman–Crippen MR) is 115 cm³/mol. The highest BCUT2D eigenvalue weighted by Crippen LogP contribution is 2.34. The number of carbonyl (C=O) groups is 1. The van der Waals surface area contributed by atoms with Gasteiger partial charge in [0.15, 0.2) is 16.0 Å². The van der Waals surface area contributed by atoms with Gasteiger partial charge in [0.1, 0.15) is 11.5 Å². The average molecular weight is 424 g/mol. The molecule has 2 heterocycles. The fourth-order valence-electron chi connectivity index (χ4n) is 2.42. The lowest BCUT2D eigenvalue weighted by Gasteiger charge is -2.04. The number of carbonyl (C=O) groups excluding carboxylic acids is 1. The van der Waals surface area contributed by atoms with E-state index in [1.165, 1.54) is 18.0 Å². The minimum absolute atomic E-state index is 0.114. The molecule has 0 radical (unpaired) electrons. The second-order valence-corrected chi connectivity index (χ2v) is 8.38. The number of benzene rings is 2. The Kier molecular flexibility index (Phi) is 5.92. The Morgan fingerprint density at radius 2 is 2.03 bits per heavy atom. The number of amides is 1. The average Bonchev–Trinajstić information content (AvgIpc) is 3.34. The summed E-state index contributed by atoms with van der Waals surface area (Å²) in [6, 6.07) is 19.1. The standard InChI is InChI=1S/C21H17N3O3S2/c1-14-6-8-15(9-7-14)26-13-19(25)24-22-12-16-10-11-20(27-16)29-21-23-17-4-2-3-5-18(17)28-21/h2-12H,13H2,1H3,(H,24,25)/b22-12-. The molecule has 0 aliphatic carbocycles. The molecule has 0 atom stereocenters. The Balaban J connectivity index is 1.27. The molecule has 0 aliphatic rings. The lowest BCUT2D eigenvalue weighted by atomic mass is 10.2. The van der Waals surface area contributed by atoms with Crippen LogP contribution in [0.5, 0.6) is 5.75 Å². The number of rotatable bonds is 7. The fraction of sp³-hybridized carbons (Fsp3) is 0.0952. The zero-order valence-corrected chi connectivity index (χ0v) is 17.1. The Morgan fingerprint density at radius 3 is 2.86 bits per heavy atom. The summed E-state index contributed by atoms with van der Waals surface area (Å²) in [5.41, 5.74) is 4.52. The molecular formula is C21H17N3O3S2. The molecule has 4 aromatic rings. The molecule has 1 amide bonds. The van der Waals surface area contributed by atoms with Crippen molar-refractivity contribution in [2.45, 2.75) is 16.4 Å². The molecule has 0 aliphatic heterocycles. The highest BCUT2D eigenvalue weighted by Gasteiger charge is 2.08.